The number of hydrogen-bond acceptors (Lipinski definition) is 4. The van der Waals surface area contributed by atoms with Gasteiger partial charge in [0.25, 0.3) is 0 Å². The summed E-state index contributed by atoms with van der Waals surface area (Å²) in [4.78, 5) is 11.9. The van der Waals surface area contributed by atoms with Crippen LogP contribution >= 0.6 is 0 Å². The van der Waals surface area contributed by atoms with E-state index in [4.69, 9.17) is 4.74 Å². The molecule has 1 aromatic rings. The van der Waals surface area contributed by atoms with Gasteiger partial charge in [0, 0.05) is 12.2 Å². The van der Waals surface area contributed by atoms with Crippen molar-refractivity contribution in [1.29, 1.82) is 0 Å². The maximum Gasteiger partial charge on any atom is 0.327 e. The highest BCUT2D eigenvalue weighted by molar-refractivity contribution is 5.80. The van der Waals surface area contributed by atoms with Crippen molar-refractivity contribution in [3.05, 3.63) is 18.0 Å². The molecule has 0 aromatic carbocycles. The number of hydrogen-bond donors (Lipinski definition) is 1. The Balaban J connectivity index is 2.87. The van der Waals surface area contributed by atoms with Crippen LogP contribution in [-0.2, 0) is 16.1 Å². The predicted molar refractivity (Wildman–Crippen MR) is 65.7 cm³/mol. The van der Waals surface area contributed by atoms with E-state index in [-0.39, 0.29) is 12.0 Å². The third kappa shape index (κ3) is 3.56. The monoisotopic (exact) mass is 239 g/mol. The molecule has 0 aliphatic rings. The number of aryl methyl sites for hydroxylation is 1. The Morgan fingerprint density at radius 3 is 2.71 bits per heavy atom. The summed E-state index contributed by atoms with van der Waals surface area (Å²) in [6.45, 7) is 8.24. The number of aromatic nitrogens is 2. The van der Waals surface area contributed by atoms with E-state index >= 15 is 0 Å². The lowest BCUT2D eigenvalue weighted by Crippen LogP contribution is -2.55. The Labute approximate surface area is 102 Å². The molecule has 0 amide bonds. The summed E-state index contributed by atoms with van der Waals surface area (Å²) in [5.41, 5.74) is 0.309. The van der Waals surface area contributed by atoms with Gasteiger partial charge < -0.3 is 4.74 Å². The molecule has 1 unspecified atom stereocenters. The molecule has 0 radical (unpaired) electrons. The van der Waals surface area contributed by atoms with E-state index in [2.05, 4.69) is 10.4 Å². The second-order valence-electron chi connectivity index (χ2n) is 4.84. The number of methoxy groups -OCH3 is 1. The normalized spacial score (nSPS) is 14.7. The minimum Gasteiger partial charge on any atom is -0.468 e. The number of nitrogens with zero attached hydrogens (tertiary/aromatic N) is 2. The Morgan fingerprint density at radius 2 is 2.29 bits per heavy atom. The molecule has 1 heterocycles. The van der Waals surface area contributed by atoms with Crippen molar-refractivity contribution in [3.8, 4) is 0 Å². The van der Waals surface area contributed by atoms with E-state index in [1.165, 1.54) is 7.11 Å². The number of carbonyl (C=O) groups is 1. The molecule has 17 heavy (non-hydrogen) atoms. The standard InChI is InChI=1S/C12H21N3O2/c1-9(2)14-12(4,11(16)17-5)8-15-7-10(3)6-13-15/h6-7,9,14H,8H2,1-5H3. The van der Waals surface area contributed by atoms with Crippen molar-refractivity contribution >= 4 is 5.97 Å². The topological polar surface area (TPSA) is 56.2 Å². The first-order valence-electron chi connectivity index (χ1n) is 5.72. The first-order chi connectivity index (χ1) is 7.87. The Morgan fingerprint density at radius 1 is 1.65 bits per heavy atom. The van der Waals surface area contributed by atoms with E-state index in [9.17, 15) is 4.79 Å². The molecule has 1 aromatic heterocycles. The molecule has 0 saturated heterocycles. The molecule has 96 valence electrons. The van der Waals surface area contributed by atoms with Crippen LogP contribution in [0.1, 0.15) is 26.3 Å². The number of carbonyl (C=O) groups excluding carboxylic acids is 1. The van der Waals surface area contributed by atoms with Gasteiger partial charge in [0.15, 0.2) is 0 Å². The molecule has 1 atom stereocenters. The van der Waals surface area contributed by atoms with Crippen LogP contribution in [0.2, 0.25) is 0 Å². The van der Waals surface area contributed by atoms with E-state index in [1.807, 2.05) is 33.9 Å². The van der Waals surface area contributed by atoms with Crippen molar-refractivity contribution in [2.45, 2.75) is 45.8 Å². The van der Waals surface area contributed by atoms with Crippen molar-refractivity contribution in [2.24, 2.45) is 0 Å². The first-order valence-corrected chi connectivity index (χ1v) is 5.72. The van der Waals surface area contributed by atoms with Crippen LogP contribution < -0.4 is 5.32 Å². The summed E-state index contributed by atoms with van der Waals surface area (Å²) in [5, 5.41) is 7.42. The van der Waals surface area contributed by atoms with Gasteiger partial charge in [-0.1, -0.05) is 0 Å². The number of ether oxygens (including phenoxy) is 1. The summed E-state index contributed by atoms with van der Waals surface area (Å²) in [6.07, 6.45) is 3.68. The smallest absolute Gasteiger partial charge is 0.327 e. The maximum atomic E-state index is 11.9. The zero-order chi connectivity index (χ0) is 13.1. The zero-order valence-electron chi connectivity index (χ0n) is 11.2. The first kappa shape index (κ1) is 13.7. The Hall–Kier alpha value is -1.36. The van der Waals surface area contributed by atoms with Gasteiger partial charge in [-0.05, 0) is 33.3 Å². The highest BCUT2D eigenvalue weighted by atomic mass is 16.5. The van der Waals surface area contributed by atoms with E-state index < -0.39 is 5.54 Å². The molecule has 0 fully saturated rings. The summed E-state index contributed by atoms with van der Waals surface area (Å²) in [7, 11) is 1.40. The van der Waals surface area contributed by atoms with E-state index in [0.29, 0.717) is 6.54 Å². The van der Waals surface area contributed by atoms with Crippen LogP contribution in [0, 0.1) is 6.92 Å². The van der Waals surface area contributed by atoms with Gasteiger partial charge in [0.2, 0.25) is 0 Å². The summed E-state index contributed by atoms with van der Waals surface area (Å²) < 4.78 is 6.60. The van der Waals surface area contributed by atoms with Crippen LogP contribution in [0.25, 0.3) is 0 Å². The third-order valence-corrected chi connectivity index (χ3v) is 2.48. The van der Waals surface area contributed by atoms with Gasteiger partial charge in [-0.3, -0.25) is 10.00 Å². The lowest BCUT2D eigenvalue weighted by molar-refractivity contribution is -0.149. The van der Waals surface area contributed by atoms with E-state index in [1.54, 1.807) is 10.9 Å². The minimum atomic E-state index is -0.763. The van der Waals surface area contributed by atoms with Gasteiger partial charge in [-0.15, -0.1) is 0 Å². The lowest BCUT2D eigenvalue weighted by Gasteiger charge is -2.30. The average molecular weight is 239 g/mol. The fourth-order valence-corrected chi connectivity index (χ4v) is 1.91. The Kier molecular flexibility index (Phi) is 4.28. The molecule has 1 rings (SSSR count). The van der Waals surface area contributed by atoms with E-state index in [0.717, 1.165) is 5.56 Å². The van der Waals surface area contributed by atoms with Crippen molar-refractivity contribution in [1.82, 2.24) is 15.1 Å². The molecular formula is C12H21N3O2. The molecule has 0 aliphatic heterocycles. The molecular weight excluding hydrogens is 218 g/mol. The van der Waals surface area contributed by atoms with Crippen LogP contribution in [-0.4, -0.2) is 34.4 Å². The molecule has 1 N–H and O–H groups in total. The summed E-state index contributed by atoms with van der Waals surface area (Å²) in [6, 6.07) is 0.191. The molecule has 0 bridgehead atoms. The minimum absolute atomic E-state index is 0.191. The zero-order valence-corrected chi connectivity index (χ0v) is 11.2. The summed E-state index contributed by atoms with van der Waals surface area (Å²) >= 11 is 0. The van der Waals surface area contributed by atoms with Crippen LogP contribution in [0.5, 0.6) is 0 Å². The second-order valence-corrected chi connectivity index (χ2v) is 4.84. The molecule has 0 saturated carbocycles. The Bertz CT molecular complexity index is 387. The lowest BCUT2D eigenvalue weighted by atomic mass is 10.0. The largest absolute Gasteiger partial charge is 0.468 e. The molecule has 5 heteroatoms. The molecule has 5 nitrogen and oxygen atoms in total. The fraction of sp³-hybridized carbons (Fsp3) is 0.667. The average Bonchev–Trinajstić information content (AvgIpc) is 2.61. The fourth-order valence-electron chi connectivity index (χ4n) is 1.91. The van der Waals surface area contributed by atoms with Gasteiger partial charge in [-0.25, -0.2) is 4.79 Å². The SMILES string of the molecule is COC(=O)C(C)(Cn1cc(C)cn1)NC(C)C. The van der Waals surface area contributed by atoms with Crippen molar-refractivity contribution in [3.63, 3.8) is 0 Å². The summed E-state index contributed by atoms with van der Waals surface area (Å²) in [5.74, 6) is -0.278. The molecule has 0 aliphatic carbocycles. The second kappa shape index (κ2) is 5.31. The number of esters is 1. The third-order valence-electron chi connectivity index (χ3n) is 2.48. The number of rotatable bonds is 5. The quantitative estimate of drug-likeness (QED) is 0.782. The predicted octanol–water partition coefficient (Wildman–Crippen LogP) is 1.12. The van der Waals surface area contributed by atoms with Gasteiger partial charge in [0.05, 0.1) is 19.9 Å². The number of nitrogens with one attached hydrogen (secondary N) is 1. The van der Waals surface area contributed by atoms with Crippen LogP contribution in [0.3, 0.4) is 0 Å². The molecule has 0 spiro atoms. The van der Waals surface area contributed by atoms with Gasteiger partial charge in [0.1, 0.15) is 5.54 Å². The highest BCUT2D eigenvalue weighted by Gasteiger charge is 2.35. The maximum absolute atomic E-state index is 11.9. The van der Waals surface area contributed by atoms with Crippen molar-refractivity contribution in [2.75, 3.05) is 7.11 Å². The van der Waals surface area contributed by atoms with Crippen LogP contribution in [0.4, 0.5) is 0 Å². The van der Waals surface area contributed by atoms with Gasteiger partial charge in [-0.2, -0.15) is 5.10 Å². The van der Waals surface area contributed by atoms with Crippen LogP contribution in [0.15, 0.2) is 12.4 Å². The highest BCUT2D eigenvalue weighted by Crippen LogP contribution is 2.11. The van der Waals surface area contributed by atoms with Crippen molar-refractivity contribution < 1.29 is 9.53 Å². The van der Waals surface area contributed by atoms with Gasteiger partial charge >= 0.3 is 5.97 Å².